The number of rotatable bonds is 29. The lowest BCUT2D eigenvalue weighted by atomic mass is 10.0. The van der Waals surface area contributed by atoms with Crippen LogP contribution < -0.4 is 0 Å². The SMILES string of the molecule is CCCCOC(=O)CCCCCCCCCCCCCCCCCCCCCCC(=O)OCCCC. The number of hydrogen-bond acceptors (Lipinski definition) is 4. The highest BCUT2D eigenvalue weighted by Gasteiger charge is 2.03. The molecule has 0 aliphatic carbocycles. The van der Waals surface area contributed by atoms with Crippen molar-refractivity contribution < 1.29 is 19.1 Å². The third kappa shape index (κ3) is 29.2. The number of ether oxygens (including phenoxy) is 2. The molecule has 0 aromatic carbocycles. The van der Waals surface area contributed by atoms with E-state index in [9.17, 15) is 9.59 Å². The maximum Gasteiger partial charge on any atom is 0.305 e. The second-order valence-electron chi connectivity index (χ2n) is 10.7. The second kappa shape index (κ2) is 30.2. The summed E-state index contributed by atoms with van der Waals surface area (Å²) in [4.78, 5) is 23.1. The van der Waals surface area contributed by atoms with Crippen molar-refractivity contribution in [3.05, 3.63) is 0 Å². The Bertz CT molecular complexity index is 421. The zero-order valence-electron chi connectivity index (χ0n) is 24.4. The molecule has 0 heterocycles. The molecule has 0 atom stereocenters. The van der Waals surface area contributed by atoms with E-state index in [0.29, 0.717) is 26.1 Å². The summed E-state index contributed by atoms with van der Waals surface area (Å²) in [5, 5.41) is 0. The van der Waals surface area contributed by atoms with Crippen molar-refractivity contribution in [1.29, 1.82) is 0 Å². The molecule has 0 spiro atoms. The second-order valence-corrected chi connectivity index (χ2v) is 10.7. The van der Waals surface area contributed by atoms with Crippen molar-refractivity contribution in [2.24, 2.45) is 0 Å². The van der Waals surface area contributed by atoms with Crippen molar-refractivity contribution in [1.82, 2.24) is 0 Å². The van der Waals surface area contributed by atoms with Gasteiger partial charge in [0.05, 0.1) is 13.2 Å². The van der Waals surface area contributed by atoms with Crippen LogP contribution in [-0.4, -0.2) is 25.2 Å². The van der Waals surface area contributed by atoms with Gasteiger partial charge in [-0.05, 0) is 25.7 Å². The molecule has 0 radical (unpaired) electrons. The van der Waals surface area contributed by atoms with Crippen LogP contribution >= 0.6 is 0 Å². The Labute approximate surface area is 225 Å². The molecule has 4 heteroatoms. The van der Waals surface area contributed by atoms with Gasteiger partial charge in [-0.15, -0.1) is 0 Å². The summed E-state index contributed by atoms with van der Waals surface area (Å²) in [7, 11) is 0. The van der Waals surface area contributed by atoms with Gasteiger partial charge in [0.2, 0.25) is 0 Å². The molecule has 0 fully saturated rings. The molecule has 0 aliphatic rings. The van der Waals surface area contributed by atoms with Crippen LogP contribution in [0.3, 0.4) is 0 Å². The first-order valence-corrected chi connectivity index (χ1v) is 16.0. The smallest absolute Gasteiger partial charge is 0.305 e. The highest BCUT2D eigenvalue weighted by molar-refractivity contribution is 5.69. The van der Waals surface area contributed by atoms with Crippen LogP contribution in [0.2, 0.25) is 0 Å². The minimum atomic E-state index is -0.00943. The van der Waals surface area contributed by atoms with Crippen LogP contribution in [0.25, 0.3) is 0 Å². The predicted octanol–water partition coefficient (Wildman–Crippen LogP) is 10.3. The first kappa shape index (κ1) is 34.9. The Kier molecular flexibility index (Phi) is 29.3. The Balaban J connectivity index is 3.12. The van der Waals surface area contributed by atoms with Crippen LogP contribution in [0.4, 0.5) is 0 Å². The molecule has 0 saturated carbocycles. The van der Waals surface area contributed by atoms with Crippen LogP contribution in [-0.2, 0) is 19.1 Å². The third-order valence-electron chi connectivity index (χ3n) is 7.03. The molecule has 0 N–H and O–H groups in total. The van der Waals surface area contributed by atoms with Gasteiger partial charge >= 0.3 is 11.9 Å². The van der Waals surface area contributed by atoms with E-state index < -0.39 is 0 Å². The Morgan fingerprint density at radius 3 is 0.806 bits per heavy atom. The van der Waals surface area contributed by atoms with E-state index in [-0.39, 0.29) is 11.9 Å². The summed E-state index contributed by atoms with van der Waals surface area (Å²) in [6, 6.07) is 0. The molecule has 36 heavy (non-hydrogen) atoms. The van der Waals surface area contributed by atoms with Gasteiger partial charge in [0, 0.05) is 12.8 Å². The standard InChI is InChI=1S/C32H62O4/c1-3-5-29-35-31(33)27-25-23-21-19-17-15-13-11-9-7-8-10-12-14-16-18-20-22-24-26-28-32(34)36-30-6-4-2/h3-30H2,1-2H3. The maximum absolute atomic E-state index is 11.5. The van der Waals surface area contributed by atoms with Gasteiger partial charge < -0.3 is 9.47 Å². The van der Waals surface area contributed by atoms with Gasteiger partial charge in [0.1, 0.15) is 0 Å². The van der Waals surface area contributed by atoms with Crippen molar-refractivity contribution in [2.45, 2.75) is 181 Å². The molecular formula is C32H62O4. The third-order valence-corrected chi connectivity index (χ3v) is 7.03. The van der Waals surface area contributed by atoms with Gasteiger partial charge in [-0.2, -0.15) is 0 Å². The van der Waals surface area contributed by atoms with Crippen LogP contribution in [0.1, 0.15) is 181 Å². The topological polar surface area (TPSA) is 52.6 Å². The molecular weight excluding hydrogens is 448 g/mol. The fourth-order valence-corrected chi connectivity index (χ4v) is 4.53. The molecule has 0 amide bonds. The number of unbranched alkanes of at least 4 members (excludes halogenated alkanes) is 21. The Morgan fingerprint density at radius 2 is 0.583 bits per heavy atom. The van der Waals surface area contributed by atoms with E-state index in [0.717, 1.165) is 38.5 Å². The largest absolute Gasteiger partial charge is 0.466 e. The van der Waals surface area contributed by atoms with Crippen molar-refractivity contribution in [3.8, 4) is 0 Å². The quantitative estimate of drug-likeness (QED) is 0.0741. The molecule has 0 aromatic rings. The van der Waals surface area contributed by atoms with Crippen molar-refractivity contribution >= 4 is 11.9 Å². The molecule has 0 rings (SSSR count). The minimum Gasteiger partial charge on any atom is -0.466 e. The fraction of sp³-hybridized carbons (Fsp3) is 0.938. The molecule has 4 nitrogen and oxygen atoms in total. The minimum absolute atomic E-state index is 0.00943. The lowest BCUT2D eigenvalue weighted by Crippen LogP contribution is -2.05. The number of carbonyl (C=O) groups is 2. The first-order chi connectivity index (χ1) is 17.7. The van der Waals surface area contributed by atoms with Gasteiger partial charge in [-0.3, -0.25) is 9.59 Å². The summed E-state index contributed by atoms with van der Waals surface area (Å²) in [5.41, 5.74) is 0. The van der Waals surface area contributed by atoms with Crippen molar-refractivity contribution in [3.63, 3.8) is 0 Å². The fourth-order valence-electron chi connectivity index (χ4n) is 4.53. The van der Waals surface area contributed by atoms with Gasteiger partial charge in [-0.1, -0.05) is 142 Å². The van der Waals surface area contributed by atoms with E-state index in [2.05, 4.69) is 13.8 Å². The maximum atomic E-state index is 11.5. The van der Waals surface area contributed by atoms with E-state index in [4.69, 9.17) is 9.47 Å². The van der Waals surface area contributed by atoms with E-state index >= 15 is 0 Å². The lowest BCUT2D eigenvalue weighted by molar-refractivity contribution is -0.144. The number of esters is 2. The lowest BCUT2D eigenvalue weighted by Gasteiger charge is -2.05. The van der Waals surface area contributed by atoms with Crippen molar-refractivity contribution in [2.75, 3.05) is 13.2 Å². The zero-order valence-corrected chi connectivity index (χ0v) is 24.4. The van der Waals surface area contributed by atoms with Gasteiger partial charge in [0.15, 0.2) is 0 Å². The summed E-state index contributed by atoms with van der Waals surface area (Å²) in [6.07, 6.45) is 31.5. The molecule has 0 aliphatic heterocycles. The summed E-state index contributed by atoms with van der Waals surface area (Å²) < 4.78 is 10.4. The van der Waals surface area contributed by atoms with Crippen LogP contribution in [0, 0.1) is 0 Å². The highest BCUT2D eigenvalue weighted by Crippen LogP contribution is 2.15. The Hall–Kier alpha value is -1.06. The van der Waals surface area contributed by atoms with E-state index in [1.807, 2.05) is 0 Å². The first-order valence-electron chi connectivity index (χ1n) is 16.0. The Morgan fingerprint density at radius 1 is 0.361 bits per heavy atom. The monoisotopic (exact) mass is 510 g/mol. The average molecular weight is 511 g/mol. The predicted molar refractivity (Wildman–Crippen MR) is 153 cm³/mol. The normalized spacial score (nSPS) is 11.1. The van der Waals surface area contributed by atoms with Gasteiger partial charge in [0.25, 0.3) is 0 Å². The summed E-state index contributed by atoms with van der Waals surface area (Å²) in [5.74, 6) is -0.0189. The molecule has 0 unspecified atom stereocenters. The summed E-state index contributed by atoms with van der Waals surface area (Å²) in [6.45, 7) is 5.42. The zero-order chi connectivity index (χ0) is 26.4. The van der Waals surface area contributed by atoms with E-state index in [1.165, 1.54) is 116 Å². The van der Waals surface area contributed by atoms with Gasteiger partial charge in [-0.25, -0.2) is 0 Å². The van der Waals surface area contributed by atoms with Crippen LogP contribution in [0.15, 0.2) is 0 Å². The average Bonchev–Trinajstić information content (AvgIpc) is 2.87. The number of carbonyl (C=O) groups excluding carboxylic acids is 2. The van der Waals surface area contributed by atoms with E-state index in [1.54, 1.807) is 0 Å². The molecule has 0 aromatic heterocycles. The molecule has 0 saturated heterocycles. The number of hydrogen-bond donors (Lipinski definition) is 0. The highest BCUT2D eigenvalue weighted by atomic mass is 16.5. The summed E-state index contributed by atoms with van der Waals surface area (Å²) >= 11 is 0. The molecule has 0 bridgehead atoms. The molecule has 214 valence electrons. The van der Waals surface area contributed by atoms with Crippen LogP contribution in [0.5, 0.6) is 0 Å².